The fourth-order valence-electron chi connectivity index (χ4n) is 9.20. The first-order chi connectivity index (χ1) is 17.7. The lowest BCUT2D eigenvalue weighted by molar-refractivity contribution is -0.159. The maximum absolute atomic E-state index is 3.86. The van der Waals surface area contributed by atoms with Gasteiger partial charge in [0, 0.05) is 16.9 Å². The van der Waals surface area contributed by atoms with Crippen LogP contribution in [0.5, 0.6) is 0 Å². The molecule has 0 bridgehead atoms. The van der Waals surface area contributed by atoms with Gasteiger partial charge in [0.15, 0.2) is 0 Å². The lowest BCUT2D eigenvalue weighted by atomic mass is 9.34. The molecule has 3 aromatic carbocycles. The van der Waals surface area contributed by atoms with E-state index < -0.39 is 0 Å². The molecule has 3 saturated carbocycles. The minimum Gasteiger partial charge on any atom is -0.355 e. The van der Waals surface area contributed by atoms with Crippen molar-refractivity contribution >= 4 is 11.4 Å². The SMILES string of the molecule is C[C@@H]1CC2C[C@H]3CC(c4cccc(Nc5ccccc5-c5ccc6c(c5)C(C)(C)CCC6(C)C)c4)(C1)C23. The second-order valence-corrected chi connectivity index (χ2v) is 14.5. The molecular formula is C36H43N. The second kappa shape index (κ2) is 7.98. The van der Waals surface area contributed by atoms with E-state index in [-0.39, 0.29) is 10.8 Å². The average molecular weight is 490 g/mol. The van der Waals surface area contributed by atoms with E-state index in [1.807, 2.05) is 0 Å². The fourth-order valence-corrected chi connectivity index (χ4v) is 9.20. The molecule has 0 aliphatic heterocycles. The maximum Gasteiger partial charge on any atom is 0.0463 e. The monoisotopic (exact) mass is 489 g/mol. The zero-order chi connectivity index (χ0) is 25.6. The van der Waals surface area contributed by atoms with E-state index in [0.717, 1.165) is 23.7 Å². The number of hydrogen-bond donors (Lipinski definition) is 1. The van der Waals surface area contributed by atoms with Gasteiger partial charge in [-0.15, -0.1) is 0 Å². The molecule has 3 fully saturated rings. The number of rotatable bonds is 4. The molecule has 0 heterocycles. The smallest absolute Gasteiger partial charge is 0.0463 e. The molecule has 37 heavy (non-hydrogen) atoms. The number of benzene rings is 3. The zero-order valence-electron chi connectivity index (χ0n) is 23.4. The Morgan fingerprint density at radius 3 is 2.32 bits per heavy atom. The quantitative estimate of drug-likeness (QED) is 0.384. The van der Waals surface area contributed by atoms with Gasteiger partial charge in [0.2, 0.25) is 0 Å². The standard InChI is InChI=1S/C36H43N/c1-23-17-25-18-26-22-36(21-23,33(25)26)27-9-8-10-28(20-27)37-32-12-7-6-11-29(32)24-13-14-30-31(19-24)35(4,5)16-15-34(30,2)3/h6-14,19-20,23,25-26,33,37H,15-18,21-22H2,1-5H3/t23-,25?,26+,33?,36?/m1/s1. The molecule has 4 aliphatic rings. The molecule has 192 valence electrons. The largest absolute Gasteiger partial charge is 0.355 e. The summed E-state index contributed by atoms with van der Waals surface area (Å²) >= 11 is 0. The average Bonchev–Trinajstić information content (AvgIpc) is 2.84. The molecular weight excluding hydrogens is 446 g/mol. The van der Waals surface area contributed by atoms with Gasteiger partial charge in [0.05, 0.1) is 0 Å². The molecule has 0 spiro atoms. The first kappa shape index (κ1) is 23.6. The van der Waals surface area contributed by atoms with Crippen molar-refractivity contribution in [3.05, 3.63) is 83.4 Å². The Labute approximate surface area is 224 Å². The highest BCUT2D eigenvalue weighted by Gasteiger charge is 2.65. The van der Waals surface area contributed by atoms with Crippen molar-refractivity contribution in [3.8, 4) is 11.1 Å². The predicted octanol–water partition coefficient (Wildman–Crippen LogP) is 9.77. The lowest BCUT2D eigenvalue weighted by Gasteiger charge is -2.70. The Hall–Kier alpha value is -2.54. The van der Waals surface area contributed by atoms with Crippen LogP contribution in [0.3, 0.4) is 0 Å². The molecule has 0 radical (unpaired) electrons. The Bertz CT molecular complexity index is 1360. The van der Waals surface area contributed by atoms with E-state index in [1.54, 1.807) is 5.56 Å². The third kappa shape index (κ3) is 3.56. The van der Waals surface area contributed by atoms with Crippen molar-refractivity contribution in [1.82, 2.24) is 0 Å². The molecule has 0 aromatic heterocycles. The maximum atomic E-state index is 3.86. The highest BCUT2D eigenvalue weighted by molar-refractivity contribution is 5.82. The van der Waals surface area contributed by atoms with Gasteiger partial charge in [0.25, 0.3) is 0 Å². The molecule has 0 saturated heterocycles. The first-order valence-electron chi connectivity index (χ1n) is 14.8. The van der Waals surface area contributed by atoms with Crippen LogP contribution in [-0.4, -0.2) is 0 Å². The Morgan fingerprint density at radius 1 is 0.730 bits per heavy atom. The van der Waals surface area contributed by atoms with Crippen LogP contribution < -0.4 is 5.32 Å². The summed E-state index contributed by atoms with van der Waals surface area (Å²) in [4.78, 5) is 0. The number of nitrogens with one attached hydrogen (secondary N) is 1. The number of fused-ring (bicyclic) bond motifs is 1. The van der Waals surface area contributed by atoms with Crippen LogP contribution in [-0.2, 0) is 16.2 Å². The first-order valence-corrected chi connectivity index (χ1v) is 14.8. The van der Waals surface area contributed by atoms with Crippen molar-refractivity contribution in [2.24, 2.45) is 23.7 Å². The number of hydrogen-bond acceptors (Lipinski definition) is 1. The summed E-state index contributed by atoms with van der Waals surface area (Å²) in [5, 5.41) is 3.86. The highest BCUT2D eigenvalue weighted by atomic mass is 14.9. The van der Waals surface area contributed by atoms with Gasteiger partial charge in [-0.2, -0.15) is 0 Å². The molecule has 4 aliphatic carbocycles. The third-order valence-electron chi connectivity index (χ3n) is 11.1. The topological polar surface area (TPSA) is 12.0 Å². The van der Waals surface area contributed by atoms with Crippen LogP contribution in [0, 0.1) is 23.7 Å². The third-order valence-corrected chi connectivity index (χ3v) is 11.1. The van der Waals surface area contributed by atoms with Crippen molar-refractivity contribution in [1.29, 1.82) is 0 Å². The molecule has 0 amide bonds. The van der Waals surface area contributed by atoms with E-state index in [0.29, 0.717) is 5.41 Å². The van der Waals surface area contributed by atoms with Crippen LogP contribution in [0.15, 0.2) is 66.7 Å². The molecule has 5 atom stereocenters. The summed E-state index contributed by atoms with van der Waals surface area (Å²) in [6.45, 7) is 12.1. The zero-order valence-corrected chi connectivity index (χ0v) is 23.4. The lowest BCUT2D eigenvalue weighted by Crippen LogP contribution is -2.65. The fraction of sp³-hybridized carbons (Fsp3) is 0.500. The van der Waals surface area contributed by atoms with E-state index in [4.69, 9.17) is 0 Å². The van der Waals surface area contributed by atoms with Crippen LogP contribution in [0.4, 0.5) is 11.4 Å². The summed E-state index contributed by atoms with van der Waals surface area (Å²) in [5.41, 5.74) is 10.6. The predicted molar refractivity (Wildman–Crippen MR) is 157 cm³/mol. The summed E-state index contributed by atoms with van der Waals surface area (Å²) in [7, 11) is 0. The Morgan fingerprint density at radius 2 is 1.51 bits per heavy atom. The molecule has 1 nitrogen and oxygen atoms in total. The molecule has 1 N–H and O–H groups in total. The summed E-state index contributed by atoms with van der Waals surface area (Å²) < 4.78 is 0. The summed E-state index contributed by atoms with van der Waals surface area (Å²) in [5.74, 6) is 3.80. The van der Waals surface area contributed by atoms with E-state index in [2.05, 4.69) is 107 Å². The van der Waals surface area contributed by atoms with Crippen molar-refractivity contribution in [2.45, 2.75) is 89.4 Å². The van der Waals surface area contributed by atoms with Gasteiger partial charge in [-0.1, -0.05) is 83.1 Å². The van der Waals surface area contributed by atoms with Crippen molar-refractivity contribution < 1.29 is 0 Å². The minimum atomic E-state index is 0.216. The van der Waals surface area contributed by atoms with Crippen molar-refractivity contribution in [2.75, 3.05) is 5.32 Å². The molecule has 3 unspecified atom stereocenters. The number of anilines is 2. The normalized spacial score (nSPS) is 32.4. The summed E-state index contributed by atoms with van der Waals surface area (Å²) in [6.07, 6.45) is 8.25. The summed E-state index contributed by atoms with van der Waals surface area (Å²) in [6, 6.07) is 25.6. The molecule has 1 heteroatoms. The van der Waals surface area contributed by atoms with Crippen LogP contribution in [0.2, 0.25) is 0 Å². The molecule has 3 aromatic rings. The van der Waals surface area contributed by atoms with Crippen molar-refractivity contribution in [3.63, 3.8) is 0 Å². The second-order valence-electron chi connectivity index (χ2n) is 14.5. The van der Waals surface area contributed by atoms with Crippen LogP contribution in [0.1, 0.15) is 89.8 Å². The van der Waals surface area contributed by atoms with E-state index in [1.165, 1.54) is 72.2 Å². The van der Waals surface area contributed by atoms with Gasteiger partial charge in [0.1, 0.15) is 0 Å². The Kier molecular flexibility index (Phi) is 5.08. The minimum absolute atomic E-state index is 0.216. The number of para-hydroxylation sites is 1. The van der Waals surface area contributed by atoms with Crippen LogP contribution >= 0.6 is 0 Å². The van der Waals surface area contributed by atoms with E-state index >= 15 is 0 Å². The van der Waals surface area contributed by atoms with E-state index in [9.17, 15) is 0 Å². The van der Waals surface area contributed by atoms with Crippen LogP contribution in [0.25, 0.3) is 11.1 Å². The Balaban J connectivity index is 1.22. The van der Waals surface area contributed by atoms with Gasteiger partial charge in [-0.25, -0.2) is 0 Å². The van der Waals surface area contributed by atoms with Gasteiger partial charge in [-0.05, 0) is 119 Å². The van der Waals surface area contributed by atoms with Gasteiger partial charge in [-0.3, -0.25) is 0 Å². The highest BCUT2D eigenvalue weighted by Crippen LogP contribution is 2.71. The van der Waals surface area contributed by atoms with Gasteiger partial charge >= 0.3 is 0 Å². The molecule has 7 rings (SSSR count). The van der Waals surface area contributed by atoms with Gasteiger partial charge < -0.3 is 5.32 Å².